The van der Waals surface area contributed by atoms with Gasteiger partial charge in [-0.05, 0) is 36.8 Å². The van der Waals surface area contributed by atoms with E-state index in [0.29, 0.717) is 5.75 Å². The molecular weight excluding hydrogens is 381 g/mol. The Kier molecular flexibility index (Phi) is 6.71. The summed E-state index contributed by atoms with van der Waals surface area (Å²) in [5, 5.41) is 2.58. The van der Waals surface area contributed by atoms with Gasteiger partial charge >= 0.3 is 14.1 Å². The van der Waals surface area contributed by atoms with Crippen LogP contribution in [0.4, 0.5) is 0 Å². The number of nitrogens with one attached hydrogen (secondary N) is 1. The monoisotopic (exact) mass is 396 g/mol. The molecule has 2 atom stereocenters. The van der Waals surface area contributed by atoms with Crippen LogP contribution < -0.4 is 9.61 Å². The minimum absolute atomic E-state index is 0.177. The smallest absolute Gasteiger partial charge is 0.460 e. The number of hydrogen-bond acceptors (Lipinski definition) is 4. The van der Waals surface area contributed by atoms with Crippen molar-refractivity contribution in [1.82, 2.24) is 5.09 Å². The molecule has 120 valence electrons. The van der Waals surface area contributed by atoms with Gasteiger partial charge in [-0.3, -0.25) is 4.79 Å². The molecule has 0 saturated carbocycles. The van der Waals surface area contributed by atoms with Crippen LogP contribution in [-0.2, 0) is 20.7 Å². The van der Waals surface area contributed by atoms with E-state index in [1.165, 1.54) is 0 Å². The molecule has 7 heteroatoms. The number of hydrogen-bond donors (Lipinski definition) is 1. The number of esters is 1. The first kappa shape index (κ1) is 17.6. The minimum atomic E-state index is -2.22. The first-order chi connectivity index (χ1) is 11.0. The summed E-state index contributed by atoms with van der Waals surface area (Å²) < 4.78 is 23.2. The van der Waals surface area contributed by atoms with Crippen LogP contribution in [0.2, 0.25) is 0 Å². The molecule has 0 aromatic heterocycles. The van der Waals surface area contributed by atoms with E-state index in [2.05, 4.69) is 21.0 Å². The Morgan fingerprint density at radius 1 is 1.17 bits per heavy atom. The lowest BCUT2D eigenvalue weighted by Crippen LogP contribution is -2.31. The molecule has 0 heterocycles. The lowest BCUT2D eigenvalue weighted by molar-refractivity contribution is -0.146. The van der Waals surface area contributed by atoms with Crippen molar-refractivity contribution in [3.63, 3.8) is 0 Å². The fourth-order valence-electron chi connectivity index (χ4n) is 1.68. The second-order valence-corrected chi connectivity index (χ2v) is 6.62. The topological polar surface area (TPSA) is 64.6 Å². The molecule has 2 aromatic carbocycles. The highest BCUT2D eigenvalue weighted by atomic mass is 79.9. The van der Waals surface area contributed by atoms with Gasteiger partial charge in [-0.15, -0.1) is 0 Å². The predicted octanol–water partition coefficient (Wildman–Crippen LogP) is 4.21. The number of halogens is 1. The van der Waals surface area contributed by atoms with Crippen LogP contribution >= 0.6 is 24.1 Å². The van der Waals surface area contributed by atoms with Crippen molar-refractivity contribution < 1.29 is 18.6 Å². The van der Waals surface area contributed by atoms with E-state index in [1.807, 2.05) is 30.3 Å². The van der Waals surface area contributed by atoms with Gasteiger partial charge in [0.05, 0.1) is 0 Å². The number of rotatable bonds is 7. The second kappa shape index (κ2) is 8.77. The van der Waals surface area contributed by atoms with E-state index < -0.39 is 20.2 Å². The van der Waals surface area contributed by atoms with E-state index in [1.54, 1.807) is 31.2 Å². The quantitative estimate of drug-likeness (QED) is 0.560. The van der Waals surface area contributed by atoms with Gasteiger partial charge in [-0.25, -0.2) is 4.52 Å². The molecule has 23 heavy (non-hydrogen) atoms. The molecule has 0 aliphatic carbocycles. The summed E-state index contributed by atoms with van der Waals surface area (Å²) in [5.74, 6) is -0.0386. The molecule has 0 spiro atoms. The van der Waals surface area contributed by atoms with Crippen LogP contribution in [0, 0.1) is 0 Å². The van der Waals surface area contributed by atoms with Crippen molar-refractivity contribution in [3.05, 3.63) is 64.6 Å². The summed E-state index contributed by atoms with van der Waals surface area (Å²) in [4.78, 5) is 11.9. The number of ether oxygens (including phenoxy) is 1. The van der Waals surface area contributed by atoms with Crippen molar-refractivity contribution in [2.24, 2.45) is 0 Å². The average Bonchev–Trinajstić information content (AvgIpc) is 2.55. The molecule has 1 N–H and O–H groups in total. The summed E-state index contributed by atoms with van der Waals surface area (Å²) in [5.41, 5.74) is 0.892. The predicted molar refractivity (Wildman–Crippen MR) is 91.2 cm³/mol. The Morgan fingerprint density at radius 2 is 1.83 bits per heavy atom. The Labute approximate surface area is 144 Å². The first-order valence-corrected chi connectivity index (χ1v) is 8.89. The molecule has 2 aromatic rings. The van der Waals surface area contributed by atoms with Crippen LogP contribution in [0.1, 0.15) is 12.5 Å². The van der Waals surface area contributed by atoms with Gasteiger partial charge in [0.2, 0.25) is 0 Å². The molecule has 0 aliphatic rings. The molecule has 0 bridgehead atoms. The molecule has 1 unspecified atom stereocenters. The maximum absolute atomic E-state index is 11.9. The molecular formula is C16H16BrNO4P+. The number of carbonyl (C=O) groups excluding carboxylic acids is 1. The van der Waals surface area contributed by atoms with Gasteiger partial charge in [0.25, 0.3) is 0 Å². The van der Waals surface area contributed by atoms with Gasteiger partial charge in [-0.1, -0.05) is 51.3 Å². The summed E-state index contributed by atoms with van der Waals surface area (Å²) in [6.45, 7) is 1.75. The third-order valence-electron chi connectivity index (χ3n) is 2.88. The fourth-order valence-corrected chi connectivity index (χ4v) is 2.73. The van der Waals surface area contributed by atoms with Crippen molar-refractivity contribution in [2.45, 2.75) is 19.6 Å². The standard InChI is InChI=1S/C16H16BrNO4P/c1-12(16(19)21-11-13-5-3-2-4-6-13)18-23(20)22-15-9-7-14(17)8-10-15/h2-10,12H,11H2,1H3,(H,18,20)/q+1/t12-/m0/s1. The van der Waals surface area contributed by atoms with Gasteiger partial charge in [0, 0.05) is 9.04 Å². The van der Waals surface area contributed by atoms with Crippen molar-refractivity contribution >= 4 is 30.1 Å². The Hall–Kier alpha value is -1.75. The van der Waals surface area contributed by atoms with Gasteiger partial charge in [0.1, 0.15) is 12.6 Å². The Morgan fingerprint density at radius 3 is 2.48 bits per heavy atom. The summed E-state index contributed by atoms with van der Waals surface area (Å²) in [7, 11) is -2.22. The summed E-state index contributed by atoms with van der Waals surface area (Å²) in [6, 6.07) is 15.5. The third-order valence-corrected chi connectivity index (χ3v) is 4.38. The second-order valence-electron chi connectivity index (χ2n) is 4.75. The largest absolute Gasteiger partial charge is 0.664 e. The maximum Gasteiger partial charge on any atom is 0.664 e. The molecule has 0 aliphatic heterocycles. The van der Waals surface area contributed by atoms with Crippen LogP contribution in [0.3, 0.4) is 0 Å². The highest BCUT2D eigenvalue weighted by Crippen LogP contribution is 2.25. The molecule has 2 rings (SSSR count). The van der Waals surface area contributed by atoms with Crippen molar-refractivity contribution in [3.8, 4) is 5.75 Å². The van der Waals surface area contributed by atoms with Crippen molar-refractivity contribution in [1.29, 1.82) is 0 Å². The molecule has 0 amide bonds. The normalized spacial score (nSPS) is 12.3. The molecule has 5 nitrogen and oxygen atoms in total. The zero-order chi connectivity index (χ0) is 16.7. The zero-order valence-corrected chi connectivity index (χ0v) is 14.9. The summed E-state index contributed by atoms with van der Waals surface area (Å²) in [6.07, 6.45) is 0. The lowest BCUT2D eigenvalue weighted by atomic mass is 10.2. The Bertz CT molecular complexity index is 664. The van der Waals surface area contributed by atoms with Gasteiger partial charge in [0.15, 0.2) is 5.75 Å². The Balaban J connectivity index is 1.78. The zero-order valence-electron chi connectivity index (χ0n) is 12.4. The number of carbonyl (C=O) groups is 1. The highest BCUT2D eigenvalue weighted by molar-refractivity contribution is 9.10. The number of benzene rings is 2. The molecule has 0 radical (unpaired) electrons. The van der Waals surface area contributed by atoms with Crippen LogP contribution in [-0.4, -0.2) is 12.0 Å². The van der Waals surface area contributed by atoms with E-state index >= 15 is 0 Å². The average molecular weight is 397 g/mol. The van der Waals surface area contributed by atoms with Gasteiger partial charge in [-0.2, -0.15) is 0 Å². The van der Waals surface area contributed by atoms with E-state index in [9.17, 15) is 9.36 Å². The molecule has 0 fully saturated rings. The van der Waals surface area contributed by atoms with E-state index in [0.717, 1.165) is 10.0 Å². The lowest BCUT2D eigenvalue weighted by Gasteiger charge is -2.07. The van der Waals surface area contributed by atoms with Gasteiger partial charge < -0.3 is 4.74 Å². The van der Waals surface area contributed by atoms with Crippen LogP contribution in [0.5, 0.6) is 5.75 Å². The first-order valence-electron chi connectivity index (χ1n) is 6.92. The van der Waals surface area contributed by atoms with E-state index in [4.69, 9.17) is 9.26 Å². The fraction of sp³-hybridized carbons (Fsp3) is 0.188. The van der Waals surface area contributed by atoms with Crippen LogP contribution in [0.15, 0.2) is 59.1 Å². The van der Waals surface area contributed by atoms with Crippen molar-refractivity contribution in [2.75, 3.05) is 0 Å². The SMILES string of the molecule is C[C@H](N[P+](=O)Oc1ccc(Br)cc1)C(=O)OCc1ccccc1. The summed E-state index contributed by atoms with van der Waals surface area (Å²) >= 11 is 3.30. The van der Waals surface area contributed by atoms with E-state index in [-0.39, 0.29) is 6.61 Å². The maximum atomic E-state index is 11.9. The van der Waals surface area contributed by atoms with Crippen LogP contribution in [0.25, 0.3) is 0 Å². The minimum Gasteiger partial charge on any atom is -0.460 e. The highest BCUT2D eigenvalue weighted by Gasteiger charge is 2.28. The third kappa shape index (κ3) is 6.10. The molecule has 0 saturated heterocycles.